The lowest BCUT2D eigenvalue weighted by Crippen LogP contribution is -2.37. The van der Waals surface area contributed by atoms with Gasteiger partial charge in [0, 0.05) is 22.9 Å². The van der Waals surface area contributed by atoms with Crippen LogP contribution in [-0.2, 0) is 11.2 Å². The number of halogens is 1. The average molecular weight is 578 g/mol. The highest BCUT2D eigenvalue weighted by Crippen LogP contribution is 2.43. The fourth-order valence-electron chi connectivity index (χ4n) is 4.58. The van der Waals surface area contributed by atoms with Gasteiger partial charge < -0.3 is 33.2 Å². The summed E-state index contributed by atoms with van der Waals surface area (Å²) in [5.74, 6) is 2.13. The number of para-hydroxylation sites is 1. The summed E-state index contributed by atoms with van der Waals surface area (Å²) in [6.45, 7) is 0. The molecule has 10 nitrogen and oxygen atoms in total. The van der Waals surface area contributed by atoms with Crippen molar-refractivity contribution in [3.05, 3.63) is 72.7 Å². The zero-order chi connectivity index (χ0) is 28.9. The zero-order valence-electron chi connectivity index (χ0n) is 22.8. The molecule has 2 heterocycles. The molecule has 0 aliphatic carbocycles. The van der Waals surface area contributed by atoms with E-state index in [4.69, 9.17) is 39.7 Å². The van der Waals surface area contributed by atoms with Gasteiger partial charge in [0.15, 0.2) is 11.5 Å². The number of aromatic nitrogens is 1. The SMILES string of the molecule is COc1ccc(-c2conc2-c2cc(OC)c(OC)c(OC)c2)cc1NC(=O)C(Cc1cc2ccccc2o1)NCl. The van der Waals surface area contributed by atoms with Gasteiger partial charge in [-0.15, -0.1) is 0 Å². The van der Waals surface area contributed by atoms with Crippen LogP contribution in [0.2, 0.25) is 0 Å². The first kappa shape index (κ1) is 27.9. The minimum Gasteiger partial charge on any atom is -0.495 e. The van der Waals surface area contributed by atoms with Gasteiger partial charge in [-0.25, -0.2) is 4.84 Å². The minimum absolute atomic E-state index is 0.239. The van der Waals surface area contributed by atoms with Crippen LogP contribution in [-0.4, -0.2) is 45.5 Å². The summed E-state index contributed by atoms with van der Waals surface area (Å²) < 4.78 is 33.2. The molecule has 0 bridgehead atoms. The van der Waals surface area contributed by atoms with E-state index in [2.05, 4.69) is 15.3 Å². The van der Waals surface area contributed by atoms with Gasteiger partial charge in [0.1, 0.15) is 35.1 Å². The van der Waals surface area contributed by atoms with E-state index in [9.17, 15) is 4.79 Å². The van der Waals surface area contributed by atoms with Crippen molar-refractivity contribution in [3.8, 4) is 45.4 Å². The Morgan fingerprint density at radius 2 is 1.63 bits per heavy atom. The molecular weight excluding hydrogens is 550 g/mol. The van der Waals surface area contributed by atoms with Crippen molar-refractivity contribution in [2.24, 2.45) is 0 Å². The van der Waals surface area contributed by atoms with E-state index in [0.29, 0.717) is 51.3 Å². The molecule has 5 aromatic rings. The molecule has 11 heteroatoms. The Kier molecular flexibility index (Phi) is 8.32. The highest BCUT2D eigenvalue weighted by atomic mass is 35.5. The first-order valence-electron chi connectivity index (χ1n) is 12.6. The normalized spacial score (nSPS) is 11.7. The van der Waals surface area contributed by atoms with Crippen LogP contribution in [0.3, 0.4) is 0 Å². The molecule has 2 N–H and O–H groups in total. The molecule has 212 valence electrons. The molecule has 41 heavy (non-hydrogen) atoms. The molecule has 0 saturated carbocycles. The summed E-state index contributed by atoms with van der Waals surface area (Å²) in [5.41, 5.74) is 3.79. The predicted molar refractivity (Wildman–Crippen MR) is 155 cm³/mol. The number of amides is 1. The molecule has 1 amide bonds. The summed E-state index contributed by atoms with van der Waals surface area (Å²) in [6.07, 6.45) is 1.76. The van der Waals surface area contributed by atoms with Crippen molar-refractivity contribution in [1.29, 1.82) is 0 Å². The number of methoxy groups -OCH3 is 4. The molecule has 1 atom stereocenters. The van der Waals surface area contributed by atoms with Crippen molar-refractivity contribution >= 4 is 34.3 Å². The Bertz CT molecular complexity index is 1620. The van der Waals surface area contributed by atoms with Crippen LogP contribution in [0.4, 0.5) is 5.69 Å². The number of rotatable bonds is 11. The molecule has 2 aromatic heterocycles. The van der Waals surface area contributed by atoms with Gasteiger partial charge in [0.2, 0.25) is 11.7 Å². The third kappa shape index (κ3) is 5.65. The Morgan fingerprint density at radius 1 is 0.902 bits per heavy atom. The van der Waals surface area contributed by atoms with Crippen molar-refractivity contribution in [2.45, 2.75) is 12.5 Å². The second-order valence-electron chi connectivity index (χ2n) is 9.01. The number of nitrogens with one attached hydrogen (secondary N) is 2. The minimum atomic E-state index is -0.782. The van der Waals surface area contributed by atoms with Crippen LogP contribution in [0.15, 0.2) is 75.9 Å². The van der Waals surface area contributed by atoms with Gasteiger partial charge in [0.05, 0.1) is 34.1 Å². The predicted octanol–water partition coefficient (Wildman–Crippen LogP) is 6.08. The zero-order valence-corrected chi connectivity index (χ0v) is 23.6. The van der Waals surface area contributed by atoms with E-state index in [-0.39, 0.29) is 12.3 Å². The van der Waals surface area contributed by atoms with Crippen molar-refractivity contribution in [2.75, 3.05) is 33.8 Å². The van der Waals surface area contributed by atoms with Gasteiger partial charge in [-0.05, 0) is 53.7 Å². The van der Waals surface area contributed by atoms with Crippen molar-refractivity contribution in [1.82, 2.24) is 9.99 Å². The van der Waals surface area contributed by atoms with Crippen LogP contribution in [0.25, 0.3) is 33.4 Å². The largest absolute Gasteiger partial charge is 0.495 e. The van der Waals surface area contributed by atoms with E-state index < -0.39 is 6.04 Å². The Labute approximate surface area is 241 Å². The highest BCUT2D eigenvalue weighted by Gasteiger charge is 2.23. The summed E-state index contributed by atoms with van der Waals surface area (Å²) in [5, 5.41) is 8.09. The van der Waals surface area contributed by atoms with Crippen LogP contribution in [0, 0.1) is 0 Å². The van der Waals surface area contributed by atoms with E-state index in [1.165, 1.54) is 20.5 Å². The van der Waals surface area contributed by atoms with Gasteiger partial charge in [-0.3, -0.25) is 4.79 Å². The Balaban J connectivity index is 1.44. The molecule has 5 rings (SSSR count). The number of fused-ring (bicyclic) bond motifs is 1. The van der Waals surface area contributed by atoms with E-state index >= 15 is 0 Å². The first-order chi connectivity index (χ1) is 20.0. The van der Waals surface area contributed by atoms with Gasteiger partial charge in [-0.1, -0.05) is 29.4 Å². The molecule has 0 saturated heterocycles. The number of ether oxygens (including phenoxy) is 4. The fourth-order valence-corrected chi connectivity index (χ4v) is 4.76. The van der Waals surface area contributed by atoms with E-state index in [0.717, 1.165) is 16.5 Å². The standard InChI is InChI=1S/C30H28ClN3O7/c1-36-25-10-9-17(21-16-40-34-28(21)19-13-26(37-2)29(39-4)27(14-19)38-3)12-22(25)32-30(35)23(33-31)15-20-11-18-7-5-6-8-24(18)41-20/h5-14,16,23,33H,15H2,1-4H3,(H,32,35). The topological polar surface area (TPSA) is 117 Å². The molecule has 3 aromatic carbocycles. The number of carbonyl (C=O) groups is 1. The third-order valence-corrected chi connectivity index (χ3v) is 6.87. The fraction of sp³-hybridized carbons (Fsp3) is 0.200. The molecule has 0 radical (unpaired) electrons. The van der Waals surface area contributed by atoms with Gasteiger partial charge in [-0.2, -0.15) is 0 Å². The maximum Gasteiger partial charge on any atom is 0.243 e. The number of anilines is 1. The maximum absolute atomic E-state index is 13.3. The number of nitrogens with zero attached hydrogens (tertiary/aromatic N) is 1. The van der Waals surface area contributed by atoms with Crippen LogP contribution >= 0.6 is 11.8 Å². The third-order valence-electron chi connectivity index (χ3n) is 6.61. The highest BCUT2D eigenvalue weighted by molar-refractivity contribution is 6.15. The quantitative estimate of drug-likeness (QED) is 0.180. The van der Waals surface area contributed by atoms with Crippen LogP contribution in [0.1, 0.15) is 5.76 Å². The Morgan fingerprint density at radius 3 is 2.29 bits per heavy atom. The molecule has 0 aliphatic heterocycles. The molecular formula is C30H28ClN3O7. The Hall–Kier alpha value is -4.67. The second kappa shape index (κ2) is 12.2. The summed E-state index contributed by atoms with van der Waals surface area (Å²) in [6, 6.07) is 17.7. The molecule has 1 unspecified atom stereocenters. The van der Waals surface area contributed by atoms with Gasteiger partial charge >= 0.3 is 0 Å². The summed E-state index contributed by atoms with van der Waals surface area (Å²) in [4.78, 5) is 15.8. The van der Waals surface area contributed by atoms with Crippen LogP contribution < -0.4 is 29.1 Å². The first-order valence-corrected chi connectivity index (χ1v) is 12.9. The van der Waals surface area contributed by atoms with Crippen LogP contribution in [0.5, 0.6) is 23.0 Å². The van der Waals surface area contributed by atoms with E-state index in [1.807, 2.05) is 36.4 Å². The molecule has 0 aliphatic rings. The summed E-state index contributed by atoms with van der Waals surface area (Å²) in [7, 11) is 6.15. The van der Waals surface area contributed by atoms with Crippen molar-refractivity contribution in [3.63, 3.8) is 0 Å². The maximum atomic E-state index is 13.3. The van der Waals surface area contributed by atoms with Crippen molar-refractivity contribution < 1.29 is 32.7 Å². The lowest BCUT2D eigenvalue weighted by atomic mass is 10.00. The van der Waals surface area contributed by atoms with E-state index in [1.54, 1.807) is 38.5 Å². The average Bonchev–Trinajstić information content (AvgIpc) is 3.66. The molecule has 0 fully saturated rings. The number of carbonyl (C=O) groups excluding carboxylic acids is 1. The summed E-state index contributed by atoms with van der Waals surface area (Å²) >= 11 is 5.99. The number of furan rings is 1. The second-order valence-corrected chi connectivity index (χ2v) is 9.23. The number of hydrogen-bond donors (Lipinski definition) is 2. The lowest BCUT2D eigenvalue weighted by Gasteiger charge is -2.17. The monoisotopic (exact) mass is 577 g/mol. The number of hydrogen-bond acceptors (Lipinski definition) is 9. The molecule has 0 spiro atoms. The lowest BCUT2D eigenvalue weighted by molar-refractivity contribution is -0.117. The number of benzene rings is 3. The smallest absolute Gasteiger partial charge is 0.243 e. The van der Waals surface area contributed by atoms with Gasteiger partial charge in [0.25, 0.3) is 0 Å².